The average Bonchev–Trinajstić information content (AvgIpc) is 2.96. The van der Waals surface area contributed by atoms with Crippen LogP contribution in [0.3, 0.4) is 0 Å². The topological polar surface area (TPSA) is 78.4 Å². The summed E-state index contributed by atoms with van der Waals surface area (Å²) in [4.78, 5) is 12.6. The number of nitrogens with zero attached hydrogens (tertiary/aromatic N) is 1. The van der Waals surface area contributed by atoms with Gasteiger partial charge < -0.3 is 18.9 Å². The summed E-state index contributed by atoms with van der Waals surface area (Å²) in [7, 11) is 4.64. The van der Waals surface area contributed by atoms with E-state index in [0.29, 0.717) is 35.0 Å². The second-order valence-electron chi connectivity index (χ2n) is 8.00. The van der Waals surface area contributed by atoms with Gasteiger partial charge in [0.2, 0.25) is 0 Å². The molecule has 0 atom stereocenters. The van der Waals surface area contributed by atoms with Crippen LogP contribution >= 0.6 is 0 Å². The molecule has 4 rings (SSSR count). The fourth-order valence-electron chi connectivity index (χ4n) is 3.74. The Morgan fingerprint density at radius 3 is 2.11 bits per heavy atom. The van der Waals surface area contributed by atoms with E-state index in [4.69, 9.17) is 18.9 Å². The molecule has 4 aromatic carbocycles. The zero-order chi connectivity index (χ0) is 26.0. The van der Waals surface area contributed by atoms with Crippen molar-refractivity contribution in [1.29, 1.82) is 0 Å². The molecular formula is C30H28N2O5. The standard InChI is InChI=1S/C30H28N2O5/c1-34-27-18-29(36-3)28(35-2)17-24(27)19-31-32-30(33)23-15-13-21(14-16-23)20-37-26-12-8-7-11-25(26)22-9-5-4-6-10-22/h4-19H,20H2,1-3H3,(H,32,33)/b31-19+. The summed E-state index contributed by atoms with van der Waals surface area (Å²) in [5.41, 5.74) is 6.71. The Kier molecular flexibility index (Phi) is 8.39. The minimum absolute atomic E-state index is 0.336. The molecule has 0 fully saturated rings. The lowest BCUT2D eigenvalue weighted by Crippen LogP contribution is -2.17. The van der Waals surface area contributed by atoms with Crippen LogP contribution in [0.4, 0.5) is 0 Å². The van der Waals surface area contributed by atoms with Crippen molar-refractivity contribution in [2.45, 2.75) is 6.61 Å². The summed E-state index contributed by atoms with van der Waals surface area (Å²) < 4.78 is 22.1. The third kappa shape index (κ3) is 6.27. The fourth-order valence-corrected chi connectivity index (χ4v) is 3.74. The van der Waals surface area contributed by atoms with Crippen LogP contribution in [-0.4, -0.2) is 33.5 Å². The molecule has 0 radical (unpaired) electrons. The summed E-state index contributed by atoms with van der Waals surface area (Å²) in [5, 5.41) is 4.07. The summed E-state index contributed by atoms with van der Waals surface area (Å²) in [6.07, 6.45) is 1.49. The van der Waals surface area contributed by atoms with Crippen molar-refractivity contribution in [1.82, 2.24) is 5.43 Å². The van der Waals surface area contributed by atoms with Gasteiger partial charge in [-0.05, 0) is 35.4 Å². The largest absolute Gasteiger partial charge is 0.496 e. The van der Waals surface area contributed by atoms with Crippen molar-refractivity contribution in [3.8, 4) is 34.1 Å². The van der Waals surface area contributed by atoms with Crippen LogP contribution in [0.2, 0.25) is 0 Å². The molecule has 1 N–H and O–H groups in total. The number of hydrogen-bond acceptors (Lipinski definition) is 6. The van der Waals surface area contributed by atoms with Gasteiger partial charge >= 0.3 is 0 Å². The van der Waals surface area contributed by atoms with Gasteiger partial charge in [-0.2, -0.15) is 5.10 Å². The van der Waals surface area contributed by atoms with Crippen molar-refractivity contribution < 1.29 is 23.7 Å². The van der Waals surface area contributed by atoms with Crippen LogP contribution in [0, 0.1) is 0 Å². The maximum Gasteiger partial charge on any atom is 0.271 e. The number of rotatable bonds is 10. The molecule has 0 heterocycles. The molecule has 0 aliphatic carbocycles. The summed E-state index contributed by atoms with van der Waals surface area (Å²) >= 11 is 0. The highest BCUT2D eigenvalue weighted by Crippen LogP contribution is 2.34. The van der Waals surface area contributed by atoms with Gasteiger partial charge in [-0.1, -0.05) is 60.7 Å². The molecule has 1 amide bonds. The molecule has 37 heavy (non-hydrogen) atoms. The lowest BCUT2D eigenvalue weighted by molar-refractivity contribution is 0.0955. The van der Waals surface area contributed by atoms with E-state index >= 15 is 0 Å². The number of carbonyl (C=O) groups is 1. The molecule has 0 bridgehead atoms. The average molecular weight is 497 g/mol. The molecule has 7 nitrogen and oxygen atoms in total. The van der Waals surface area contributed by atoms with Crippen molar-refractivity contribution in [2.24, 2.45) is 5.10 Å². The van der Waals surface area contributed by atoms with Crippen LogP contribution in [0.5, 0.6) is 23.0 Å². The van der Waals surface area contributed by atoms with Crippen molar-refractivity contribution in [2.75, 3.05) is 21.3 Å². The first-order valence-corrected chi connectivity index (χ1v) is 11.6. The fraction of sp³-hybridized carbons (Fsp3) is 0.133. The molecule has 0 aliphatic heterocycles. The summed E-state index contributed by atoms with van der Waals surface area (Å²) in [5.74, 6) is 2.07. The van der Waals surface area contributed by atoms with Gasteiger partial charge in [-0.3, -0.25) is 4.79 Å². The smallest absolute Gasteiger partial charge is 0.271 e. The molecule has 0 spiro atoms. The number of carbonyl (C=O) groups excluding carboxylic acids is 1. The van der Waals surface area contributed by atoms with Gasteiger partial charge in [-0.15, -0.1) is 0 Å². The van der Waals surface area contributed by atoms with Crippen molar-refractivity contribution >= 4 is 12.1 Å². The van der Waals surface area contributed by atoms with Gasteiger partial charge in [0.25, 0.3) is 5.91 Å². The molecular weight excluding hydrogens is 468 g/mol. The highest BCUT2D eigenvalue weighted by molar-refractivity contribution is 5.95. The Balaban J connectivity index is 1.38. The van der Waals surface area contributed by atoms with E-state index < -0.39 is 0 Å². The van der Waals surface area contributed by atoms with E-state index in [0.717, 1.165) is 22.4 Å². The van der Waals surface area contributed by atoms with Crippen molar-refractivity contribution in [3.63, 3.8) is 0 Å². The zero-order valence-electron chi connectivity index (χ0n) is 20.9. The first-order chi connectivity index (χ1) is 18.1. The van der Waals surface area contributed by atoms with Crippen LogP contribution < -0.4 is 24.4 Å². The number of methoxy groups -OCH3 is 3. The number of benzene rings is 4. The van der Waals surface area contributed by atoms with Crippen LogP contribution in [0.15, 0.2) is 96.1 Å². The lowest BCUT2D eigenvalue weighted by Gasteiger charge is -2.12. The zero-order valence-corrected chi connectivity index (χ0v) is 20.9. The number of ether oxygens (including phenoxy) is 4. The molecule has 7 heteroatoms. The third-order valence-corrected chi connectivity index (χ3v) is 5.69. The molecule has 188 valence electrons. The maximum atomic E-state index is 12.6. The Morgan fingerprint density at radius 1 is 0.757 bits per heavy atom. The number of amides is 1. The van der Waals surface area contributed by atoms with Gasteiger partial charge in [0.15, 0.2) is 11.5 Å². The van der Waals surface area contributed by atoms with E-state index in [1.54, 1.807) is 45.6 Å². The molecule has 0 aromatic heterocycles. The Hall–Kier alpha value is -4.78. The van der Waals surface area contributed by atoms with E-state index in [-0.39, 0.29) is 5.91 Å². The number of nitrogens with one attached hydrogen (secondary N) is 1. The van der Waals surface area contributed by atoms with E-state index in [9.17, 15) is 4.79 Å². The van der Waals surface area contributed by atoms with Crippen LogP contribution in [0.25, 0.3) is 11.1 Å². The maximum absolute atomic E-state index is 12.6. The SMILES string of the molecule is COc1cc(OC)c(OC)cc1/C=N/NC(=O)c1ccc(COc2ccccc2-c2ccccc2)cc1. The lowest BCUT2D eigenvalue weighted by atomic mass is 10.0. The van der Waals surface area contributed by atoms with Gasteiger partial charge in [-0.25, -0.2) is 5.43 Å². The highest BCUT2D eigenvalue weighted by Gasteiger charge is 2.11. The summed E-state index contributed by atoms with van der Waals surface area (Å²) in [6, 6.07) is 28.7. The normalized spacial score (nSPS) is 10.7. The van der Waals surface area contributed by atoms with Gasteiger partial charge in [0, 0.05) is 22.8 Å². The number of hydrogen-bond donors (Lipinski definition) is 1. The number of para-hydroxylation sites is 1. The predicted octanol–water partition coefficient (Wildman–Crippen LogP) is 5.72. The Bertz CT molecular complexity index is 1370. The molecule has 0 saturated heterocycles. The number of hydrazone groups is 1. The van der Waals surface area contributed by atoms with Crippen molar-refractivity contribution in [3.05, 3.63) is 108 Å². The van der Waals surface area contributed by atoms with Crippen LogP contribution in [-0.2, 0) is 6.61 Å². The third-order valence-electron chi connectivity index (χ3n) is 5.69. The van der Waals surface area contributed by atoms with Gasteiger partial charge in [0.05, 0.1) is 27.5 Å². The molecule has 0 unspecified atom stereocenters. The predicted molar refractivity (Wildman–Crippen MR) is 144 cm³/mol. The Labute approximate surface area is 216 Å². The molecule has 0 aliphatic rings. The minimum atomic E-state index is -0.336. The highest BCUT2D eigenvalue weighted by atomic mass is 16.5. The molecule has 4 aromatic rings. The molecule has 0 saturated carbocycles. The van der Waals surface area contributed by atoms with Crippen LogP contribution in [0.1, 0.15) is 21.5 Å². The van der Waals surface area contributed by atoms with E-state index in [1.165, 1.54) is 6.21 Å². The first-order valence-electron chi connectivity index (χ1n) is 11.6. The Morgan fingerprint density at radius 2 is 1.41 bits per heavy atom. The second-order valence-corrected chi connectivity index (χ2v) is 8.00. The second kappa shape index (κ2) is 12.3. The first kappa shape index (κ1) is 25.3. The van der Waals surface area contributed by atoms with E-state index in [1.807, 2.05) is 54.6 Å². The quantitative estimate of drug-likeness (QED) is 0.224. The summed E-state index contributed by atoms with van der Waals surface area (Å²) in [6.45, 7) is 0.378. The monoisotopic (exact) mass is 496 g/mol. The van der Waals surface area contributed by atoms with E-state index in [2.05, 4.69) is 22.7 Å². The minimum Gasteiger partial charge on any atom is -0.496 e. The van der Waals surface area contributed by atoms with Gasteiger partial charge in [0.1, 0.15) is 18.1 Å².